The van der Waals surface area contributed by atoms with Crippen LogP contribution in [0, 0.1) is 0 Å². The first kappa shape index (κ1) is 10.4. The average Bonchev–Trinajstić information content (AvgIpc) is 2.46. The van der Waals surface area contributed by atoms with E-state index in [-0.39, 0.29) is 11.6 Å². The maximum absolute atomic E-state index is 11.7. The second-order valence-corrected chi connectivity index (χ2v) is 5.26. The number of carbonyl (C=O) groups excluding carboxylic acids is 1. The van der Waals surface area contributed by atoms with E-state index in [1.165, 1.54) is 0 Å². The molecule has 0 spiro atoms. The third-order valence-corrected chi connectivity index (χ3v) is 4.03. The summed E-state index contributed by atoms with van der Waals surface area (Å²) in [5, 5.41) is 0. The highest BCUT2D eigenvalue weighted by atomic mass is 35.5. The van der Waals surface area contributed by atoms with Gasteiger partial charge < -0.3 is 0 Å². The number of rotatable bonds is 1. The molecule has 0 fully saturated rings. The predicted molar refractivity (Wildman–Crippen MR) is 57.3 cm³/mol. The van der Waals surface area contributed by atoms with Crippen LogP contribution in [0.5, 0.6) is 0 Å². The number of carbonyl (C=O) groups is 1. The number of hydrogen-bond donors (Lipinski definition) is 0. The fraction of sp³-hybridized carbons (Fsp3) is 0.222. The van der Waals surface area contributed by atoms with Crippen LogP contribution in [0.25, 0.3) is 0 Å². The van der Waals surface area contributed by atoms with Crippen molar-refractivity contribution < 1.29 is 13.2 Å². The van der Waals surface area contributed by atoms with Gasteiger partial charge in [0.15, 0.2) is 0 Å². The minimum Gasteiger partial charge on any atom is -0.272 e. The van der Waals surface area contributed by atoms with Gasteiger partial charge in [0.25, 0.3) is 5.91 Å². The number of benzene rings is 1. The van der Waals surface area contributed by atoms with Crippen LogP contribution >= 0.6 is 11.6 Å². The van der Waals surface area contributed by atoms with Gasteiger partial charge in [0.2, 0.25) is 10.0 Å². The lowest BCUT2D eigenvalue weighted by Crippen LogP contribution is -2.34. The van der Waals surface area contributed by atoms with E-state index in [0.717, 1.165) is 4.31 Å². The number of fused-ring (bicyclic) bond motifs is 1. The van der Waals surface area contributed by atoms with Crippen LogP contribution in [0.1, 0.15) is 5.56 Å². The van der Waals surface area contributed by atoms with Crippen LogP contribution in [0.15, 0.2) is 24.3 Å². The quantitative estimate of drug-likeness (QED) is 0.697. The van der Waals surface area contributed by atoms with Crippen LogP contribution in [0.4, 0.5) is 5.69 Å². The summed E-state index contributed by atoms with van der Waals surface area (Å²) in [4.78, 5) is 11.4. The Bertz CT molecular complexity index is 512. The Morgan fingerprint density at radius 3 is 2.73 bits per heavy atom. The van der Waals surface area contributed by atoms with E-state index in [1.54, 1.807) is 24.3 Å². The SMILES string of the molecule is O=C(CCl)N1c2ccccc2CS1(=O)=O. The second kappa shape index (κ2) is 3.50. The summed E-state index contributed by atoms with van der Waals surface area (Å²) in [6.07, 6.45) is 0. The van der Waals surface area contributed by atoms with Crippen molar-refractivity contribution in [2.24, 2.45) is 0 Å². The Balaban J connectivity index is 2.58. The normalized spacial score (nSPS) is 17.5. The Kier molecular flexibility index (Phi) is 2.44. The predicted octanol–water partition coefficient (Wildman–Crippen LogP) is 1.10. The standard InChI is InChI=1S/C9H8ClNO3S/c10-5-9(12)11-8-4-2-1-3-7(8)6-15(11,13)14/h1-4H,5-6H2. The van der Waals surface area contributed by atoms with Crippen LogP contribution in [-0.4, -0.2) is 20.2 Å². The van der Waals surface area contributed by atoms with Crippen molar-refractivity contribution in [2.45, 2.75) is 5.75 Å². The number of hydrogen-bond acceptors (Lipinski definition) is 3. The molecule has 0 saturated carbocycles. The van der Waals surface area contributed by atoms with Crippen molar-refractivity contribution in [3.05, 3.63) is 29.8 Å². The number of anilines is 1. The number of amides is 1. The van der Waals surface area contributed by atoms with Gasteiger partial charge in [-0.15, -0.1) is 11.6 Å². The summed E-state index contributed by atoms with van der Waals surface area (Å²) in [6.45, 7) is 0. The highest BCUT2D eigenvalue weighted by Crippen LogP contribution is 2.33. The molecule has 15 heavy (non-hydrogen) atoms. The molecule has 0 saturated heterocycles. The molecule has 6 heteroatoms. The van der Waals surface area contributed by atoms with E-state index in [2.05, 4.69) is 0 Å². The largest absolute Gasteiger partial charge is 0.272 e. The van der Waals surface area contributed by atoms with Gasteiger partial charge in [-0.3, -0.25) is 4.79 Å². The van der Waals surface area contributed by atoms with Crippen molar-refractivity contribution in [3.8, 4) is 0 Å². The number of sulfonamides is 1. The molecule has 0 radical (unpaired) electrons. The smallest absolute Gasteiger partial charge is 0.255 e. The van der Waals surface area contributed by atoms with Crippen LogP contribution in [0.3, 0.4) is 0 Å². The molecule has 1 aromatic carbocycles. The molecule has 0 N–H and O–H groups in total. The molecular formula is C9H8ClNO3S. The lowest BCUT2D eigenvalue weighted by atomic mass is 10.2. The first-order valence-electron chi connectivity index (χ1n) is 4.26. The zero-order valence-corrected chi connectivity index (χ0v) is 9.25. The van der Waals surface area contributed by atoms with Gasteiger partial charge >= 0.3 is 0 Å². The van der Waals surface area contributed by atoms with Gasteiger partial charge in [-0.05, 0) is 11.6 Å². The summed E-state index contributed by atoms with van der Waals surface area (Å²) in [5.41, 5.74) is 1.05. The van der Waals surface area contributed by atoms with Gasteiger partial charge in [-0.25, -0.2) is 12.7 Å². The maximum Gasteiger partial charge on any atom is 0.255 e. The molecule has 4 nitrogen and oxygen atoms in total. The van der Waals surface area contributed by atoms with Gasteiger partial charge in [-0.2, -0.15) is 0 Å². The number of para-hydroxylation sites is 1. The molecule has 2 rings (SSSR count). The van der Waals surface area contributed by atoms with Crippen LogP contribution in [-0.2, 0) is 20.6 Å². The molecule has 1 aromatic rings. The molecule has 1 amide bonds. The fourth-order valence-corrected chi connectivity index (χ4v) is 3.39. The monoisotopic (exact) mass is 245 g/mol. The summed E-state index contributed by atoms with van der Waals surface area (Å²) < 4.78 is 24.1. The zero-order chi connectivity index (χ0) is 11.1. The lowest BCUT2D eigenvalue weighted by Gasteiger charge is -2.14. The molecule has 0 aliphatic carbocycles. The first-order chi connectivity index (χ1) is 7.06. The molecule has 0 atom stereocenters. The maximum atomic E-state index is 11.7. The summed E-state index contributed by atoms with van der Waals surface area (Å²) in [6, 6.07) is 6.72. The van der Waals surface area contributed by atoms with Crippen molar-refractivity contribution in [3.63, 3.8) is 0 Å². The molecular weight excluding hydrogens is 238 g/mol. The minimum atomic E-state index is -3.56. The van der Waals surface area contributed by atoms with Crippen molar-refractivity contribution in [1.29, 1.82) is 0 Å². The van der Waals surface area contributed by atoms with Crippen molar-refractivity contribution >= 4 is 33.2 Å². The van der Waals surface area contributed by atoms with E-state index in [1.807, 2.05) is 0 Å². The Morgan fingerprint density at radius 2 is 2.07 bits per heavy atom. The zero-order valence-electron chi connectivity index (χ0n) is 7.68. The Morgan fingerprint density at radius 1 is 1.40 bits per heavy atom. The molecule has 1 heterocycles. The third-order valence-electron chi connectivity index (χ3n) is 2.17. The average molecular weight is 246 g/mol. The number of halogens is 1. The molecule has 0 bridgehead atoms. The van der Waals surface area contributed by atoms with Gasteiger partial charge in [0.05, 0.1) is 11.4 Å². The first-order valence-corrected chi connectivity index (χ1v) is 6.40. The number of alkyl halides is 1. The molecule has 1 aliphatic rings. The highest BCUT2D eigenvalue weighted by Gasteiger charge is 2.36. The second-order valence-electron chi connectivity index (χ2n) is 3.18. The summed E-state index contributed by atoms with van der Waals surface area (Å²) in [7, 11) is -3.56. The highest BCUT2D eigenvalue weighted by molar-refractivity contribution is 7.93. The third kappa shape index (κ3) is 1.61. The molecule has 0 aromatic heterocycles. The Hall–Kier alpha value is -1.07. The van der Waals surface area contributed by atoms with E-state index in [0.29, 0.717) is 11.3 Å². The lowest BCUT2D eigenvalue weighted by molar-refractivity contribution is -0.115. The van der Waals surface area contributed by atoms with Gasteiger partial charge in [0, 0.05) is 0 Å². The minimum absolute atomic E-state index is 0.133. The molecule has 1 aliphatic heterocycles. The van der Waals surface area contributed by atoms with E-state index in [4.69, 9.17) is 11.6 Å². The van der Waals surface area contributed by atoms with E-state index < -0.39 is 15.9 Å². The van der Waals surface area contributed by atoms with Crippen LogP contribution in [0.2, 0.25) is 0 Å². The molecule has 80 valence electrons. The topological polar surface area (TPSA) is 54.5 Å². The summed E-state index contributed by atoms with van der Waals surface area (Å²) >= 11 is 5.37. The van der Waals surface area contributed by atoms with Crippen molar-refractivity contribution in [1.82, 2.24) is 0 Å². The van der Waals surface area contributed by atoms with Gasteiger partial charge in [0.1, 0.15) is 5.88 Å². The Labute approximate surface area is 92.5 Å². The fourth-order valence-electron chi connectivity index (χ4n) is 1.59. The van der Waals surface area contributed by atoms with Crippen LogP contribution < -0.4 is 4.31 Å². The van der Waals surface area contributed by atoms with Crippen molar-refractivity contribution in [2.75, 3.05) is 10.2 Å². The molecule has 0 unspecified atom stereocenters. The summed E-state index contributed by atoms with van der Waals surface area (Å²) in [5.74, 6) is -1.08. The van der Waals surface area contributed by atoms with E-state index >= 15 is 0 Å². The number of nitrogens with zero attached hydrogens (tertiary/aromatic N) is 1. The van der Waals surface area contributed by atoms with E-state index in [9.17, 15) is 13.2 Å². The van der Waals surface area contributed by atoms with Gasteiger partial charge in [-0.1, -0.05) is 18.2 Å².